The van der Waals surface area contributed by atoms with Crippen molar-refractivity contribution in [2.75, 3.05) is 6.61 Å². The average molecular weight is 327 g/mol. The fourth-order valence-electron chi connectivity index (χ4n) is 3.76. The number of carbonyl (C=O) groups is 3. The highest BCUT2D eigenvalue weighted by Gasteiger charge is 2.74. The minimum absolute atomic E-state index is 0.0248. The highest BCUT2D eigenvalue weighted by atomic mass is 16.6. The van der Waals surface area contributed by atoms with Crippen LogP contribution in [-0.2, 0) is 19.1 Å². The summed E-state index contributed by atoms with van der Waals surface area (Å²) in [7, 11) is 0. The molecule has 0 aromatic heterocycles. The number of nitrogens with zero attached hydrogens (tertiary/aromatic N) is 1. The number of carboxylic acids is 1. The van der Waals surface area contributed by atoms with E-state index in [0.29, 0.717) is 6.42 Å². The van der Waals surface area contributed by atoms with Gasteiger partial charge in [0.25, 0.3) is 0 Å². The lowest BCUT2D eigenvalue weighted by Gasteiger charge is -2.30. The molecule has 130 valence electrons. The number of piperidine rings is 1. The molecule has 1 N–H and O–H groups in total. The van der Waals surface area contributed by atoms with E-state index in [1.807, 2.05) is 6.92 Å². The van der Waals surface area contributed by atoms with Crippen LogP contribution in [0.2, 0.25) is 0 Å². The van der Waals surface area contributed by atoms with Crippen molar-refractivity contribution in [3.8, 4) is 0 Å². The molecule has 0 spiro atoms. The van der Waals surface area contributed by atoms with Crippen molar-refractivity contribution in [1.29, 1.82) is 0 Å². The molecule has 0 aromatic rings. The molecule has 0 aromatic carbocycles. The third-order valence-corrected chi connectivity index (χ3v) is 4.71. The van der Waals surface area contributed by atoms with Crippen LogP contribution in [0.15, 0.2) is 0 Å². The van der Waals surface area contributed by atoms with Crippen LogP contribution in [0.5, 0.6) is 0 Å². The molecule has 7 heteroatoms. The van der Waals surface area contributed by atoms with Gasteiger partial charge >= 0.3 is 18.0 Å². The first-order valence-corrected chi connectivity index (χ1v) is 7.93. The number of carbonyl (C=O) groups excluding carboxylic acids is 2. The fraction of sp³-hybridized carbons (Fsp3) is 0.812. The molecular formula is C16H25NO6. The van der Waals surface area contributed by atoms with Gasteiger partial charge in [0.2, 0.25) is 0 Å². The van der Waals surface area contributed by atoms with Crippen LogP contribution < -0.4 is 0 Å². The van der Waals surface area contributed by atoms with E-state index in [2.05, 4.69) is 0 Å². The summed E-state index contributed by atoms with van der Waals surface area (Å²) in [6.45, 7) is 9.07. The zero-order valence-corrected chi connectivity index (χ0v) is 14.3. The van der Waals surface area contributed by atoms with Gasteiger partial charge in [-0.05, 0) is 40.0 Å². The fourth-order valence-corrected chi connectivity index (χ4v) is 3.76. The van der Waals surface area contributed by atoms with Crippen molar-refractivity contribution in [3.63, 3.8) is 0 Å². The third kappa shape index (κ3) is 3.14. The summed E-state index contributed by atoms with van der Waals surface area (Å²) in [4.78, 5) is 37.3. The Morgan fingerprint density at radius 2 is 1.91 bits per heavy atom. The lowest BCUT2D eigenvalue weighted by Crippen LogP contribution is -2.47. The number of ether oxygens (including phenoxy) is 2. The summed E-state index contributed by atoms with van der Waals surface area (Å²) in [5.74, 6) is -1.40. The molecule has 1 saturated heterocycles. The van der Waals surface area contributed by atoms with E-state index in [1.165, 1.54) is 4.90 Å². The average Bonchev–Trinajstić information content (AvgIpc) is 2.78. The molecule has 4 atom stereocenters. The first-order chi connectivity index (χ1) is 10.5. The summed E-state index contributed by atoms with van der Waals surface area (Å²) in [5.41, 5.74) is -1.24. The molecule has 1 heterocycles. The number of aliphatic carboxylic acids is 1. The van der Waals surface area contributed by atoms with Gasteiger partial charge in [-0.3, -0.25) is 9.69 Å². The first kappa shape index (κ1) is 17.6. The molecular weight excluding hydrogens is 302 g/mol. The number of likely N-dealkylation sites (tertiary alicyclic amines) is 1. The SMILES string of the molecule is CCOC(=O)[C@@H]1C[C@]2(CC(=O)O)[C@H](C)[C@@H]2N1C(=O)OC(C)(C)C. The van der Waals surface area contributed by atoms with Crippen molar-refractivity contribution in [2.45, 2.75) is 65.1 Å². The minimum atomic E-state index is -0.923. The lowest BCUT2D eigenvalue weighted by molar-refractivity contribution is -0.149. The monoisotopic (exact) mass is 327 g/mol. The van der Waals surface area contributed by atoms with E-state index in [4.69, 9.17) is 9.47 Å². The zero-order chi connectivity index (χ0) is 17.6. The van der Waals surface area contributed by atoms with E-state index in [9.17, 15) is 19.5 Å². The molecule has 1 amide bonds. The number of carboxylic acid groups (broad SMARTS) is 1. The molecule has 1 saturated carbocycles. The highest BCUT2D eigenvalue weighted by molar-refractivity contribution is 5.84. The molecule has 2 aliphatic rings. The van der Waals surface area contributed by atoms with Crippen LogP contribution >= 0.6 is 0 Å². The topological polar surface area (TPSA) is 93.1 Å². The Hall–Kier alpha value is -1.79. The maximum Gasteiger partial charge on any atom is 0.411 e. The number of fused-ring (bicyclic) bond motifs is 1. The highest BCUT2D eigenvalue weighted by Crippen LogP contribution is 2.66. The van der Waals surface area contributed by atoms with Gasteiger partial charge in [0.05, 0.1) is 13.0 Å². The molecule has 7 nitrogen and oxygen atoms in total. The van der Waals surface area contributed by atoms with Crippen LogP contribution in [-0.4, -0.2) is 52.3 Å². The molecule has 0 radical (unpaired) electrons. The molecule has 23 heavy (non-hydrogen) atoms. The lowest BCUT2D eigenvalue weighted by atomic mass is 9.93. The van der Waals surface area contributed by atoms with Crippen molar-refractivity contribution >= 4 is 18.0 Å². The number of hydrogen-bond acceptors (Lipinski definition) is 5. The standard InChI is InChI=1S/C16H25NO6/c1-6-22-13(20)10-7-16(8-11(18)19)9(2)12(16)17(10)14(21)23-15(3,4)5/h9-10,12H,6-8H2,1-5H3,(H,18,19)/t9-,10+,12+,16+/m1/s1. The Kier molecular flexibility index (Phi) is 4.34. The van der Waals surface area contributed by atoms with Gasteiger partial charge in [0.1, 0.15) is 11.6 Å². The number of amides is 1. The van der Waals surface area contributed by atoms with E-state index >= 15 is 0 Å². The smallest absolute Gasteiger partial charge is 0.411 e. The van der Waals surface area contributed by atoms with Crippen molar-refractivity contribution in [3.05, 3.63) is 0 Å². The van der Waals surface area contributed by atoms with Gasteiger partial charge in [-0.25, -0.2) is 9.59 Å². The second kappa shape index (κ2) is 5.69. The summed E-state index contributed by atoms with van der Waals surface area (Å²) in [5, 5.41) is 9.17. The zero-order valence-electron chi connectivity index (χ0n) is 14.3. The molecule has 0 unspecified atom stereocenters. The molecule has 0 bridgehead atoms. The van der Waals surface area contributed by atoms with Crippen LogP contribution in [0.4, 0.5) is 4.79 Å². The molecule has 2 fully saturated rings. The predicted octanol–water partition coefficient (Wildman–Crippen LogP) is 2.04. The van der Waals surface area contributed by atoms with Gasteiger partial charge in [-0.1, -0.05) is 6.92 Å². The van der Waals surface area contributed by atoms with Gasteiger partial charge in [0.15, 0.2) is 0 Å². The number of rotatable bonds is 4. The van der Waals surface area contributed by atoms with Gasteiger partial charge in [0, 0.05) is 11.5 Å². The quantitative estimate of drug-likeness (QED) is 0.794. The first-order valence-electron chi connectivity index (χ1n) is 7.93. The Morgan fingerprint density at radius 1 is 1.30 bits per heavy atom. The van der Waals surface area contributed by atoms with Gasteiger partial charge in [-0.15, -0.1) is 0 Å². The minimum Gasteiger partial charge on any atom is -0.481 e. The molecule has 1 aliphatic heterocycles. The van der Waals surface area contributed by atoms with Crippen LogP contribution in [0.3, 0.4) is 0 Å². The van der Waals surface area contributed by atoms with Gasteiger partial charge < -0.3 is 14.6 Å². The maximum absolute atomic E-state index is 12.5. The summed E-state index contributed by atoms with van der Waals surface area (Å²) in [6, 6.07) is -1.06. The summed E-state index contributed by atoms with van der Waals surface area (Å²) in [6.07, 6.45) is -0.339. The van der Waals surface area contributed by atoms with Crippen molar-refractivity contribution in [2.24, 2.45) is 11.3 Å². The Labute approximate surface area is 135 Å². The predicted molar refractivity (Wildman–Crippen MR) is 80.7 cm³/mol. The Bertz CT molecular complexity index is 525. The Morgan fingerprint density at radius 3 is 2.39 bits per heavy atom. The van der Waals surface area contributed by atoms with Crippen molar-refractivity contribution < 1.29 is 29.0 Å². The number of esters is 1. The second-order valence-corrected chi connectivity index (χ2v) is 7.40. The summed E-state index contributed by atoms with van der Waals surface area (Å²) < 4.78 is 10.5. The summed E-state index contributed by atoms with van der Waals surface area (Å²) >= 11 is 0. The van der Waals surface area contributed by atoms with E-state index < -0.39 is 35.1 Å². The van der Waals surface area contributed by atoms with Crippen LogP contribution in [0, 0.1) is 11.3 Å². The third-order valence-electron chi connectivity index (χ3n) is 4.71. The van der Waals surface area contributed by atoms with E-state index in [1.54, 1.807) is 27.7 Å². The largest absolute Gasteiger partial charge is 0.481 e. The van der Waals surface area contributed by atoms with Crippen LogP contribution in [0.1, 0.15) is 47.5 Å². The molecule has 2 rings (SSSR count). The second-order valence-electron chi connectivity index (χ2n) is 7.40. The number of hydrogen-bond donors (Lipinski definition) is 1. The van der Waals surface area contributed by atoms with Crippen molar-refractivity contribution in [1.82, 2.24) is 4.90 Å². The molecule has 1 aliphatic carbocycles. The normalized spacial score (nSPS) is 32.2. The van der Waals surface area contributed by atoms with Gasteiger partial charge in [-0.2, -0.15) is 0 Å². The maximum atomic E-state index is 12.5. The van der Waals surface area contributed by atoms with Crippen LogP contribution in [0.25, 0.3) is 0 Å². The van der Waals surface area contributed by atoms with E-state index in [0.717, 1.165) is 0 Å². The Balaban J connectivity index is 2.26. The van der Waals surface area contributed by atoms with E-state index in [-0.39, 0.29) is 25.0 Å².